The van der Waals surface area contributed by atoms with Gasteiger partial charge in [-0.1, -0.05) is 0 Å². The van der Waals surface area contributed by atoms with Crippen molar-refractivity contribution < 1.29 is 4.21 Å². The lowest BCUT2D eigenvalue weighted by molar-refractivity contribution is 0.320. The summed E-state index contributed by atoms with van der Waals surface area (Å²) >= 11 is 0. The molecule has 0 spiro atoms. The van der Waals surface area contributed by atoms with Gasteiger partial charge in [0.1, 0.15) is 0 Å². The van der Waals surface area contributed by atoms with E-state index in [9.17, 15) is 4.21 Å². The third kappa shape index (κ3) is 1.76. The summed E-state index contributed by atoms with van der Waals surface area (Å²) < 4.78 is 10.8. The molecule has 0 aromatic carbocycles. The lowest BCUT2D eigenvalue weighted by Crippen LogP contribution is -2.27. The van der Waals surface area contributed by atoms with Crippen LogP contribution < -0.4 is 0 Å². The van der Waals surface area contributed by atoms with Crippen LogP contribution in [0.2, 0.25) is 0 Å². The van der Waals surface area contributed by atoms with Crippen LogP contribution in [0.5, 0.6) is 0 Å². The van der Waals surface area contributed by atoms with Crippen LogP contribution in [-0.2, 0) is 10.8 Å². The van der Waals surface area contributed by atoms with Crippen molar-refractivity contribution in [1.82, 2.24) is 4.90 Å². The minimum atomic E-state index is -0.515. The number of hydrogen-bond donors (Lipinski definition) is 0. The highest BCUT2D eigenvalue weighted by atomic mass is 32.2. The van der Waals surface area contributed by atoms with Crippen LogP contribution in [-0.4, -0.2) is 40.8 Å². The van der Waals surface area contributed by atoms with Crippen molar-refractivity contribution in [2.45, 2.75) is 12.5 Å². The molecule has 1 aliphatic heterocycles. The van der Waals surface area contributed by atoms with Gasteiger partial charge in [0, 0.05) is 28.3 Å². The maximum atomic E-state index is 10.8. The highest BCUT2D eigenvalue weighted by molar-refractivity contribution is 7.85. The molecule has 2 nitrogen and oxygen atoms in total. The highest BCUT2D eigenvalue weighted by Crippen LogP contribution is 2.11. The van der Waals surface area contributed by atoms with Gasteiger partial charge in [-0.05, 0) is 20.5 Å². The molecule has 0 aliphatic carbocycles. The predicted molar refractivity (Wildman–Crippen MR) is 40.0 cm³/mol. The molecular weight excluding hydrogens is 134 g/mol. The molecule has 2 atom stereocenters. The van der Waals surface area contributed by atoms with Crippen LogP contribution in [0.25, 0.3) is 0 Å². The van der Waals surface area contributed by atoms with Crippen molar-refractivity contribution in [1.29, 1.82) is 0 Å². The van der Waals surface area contributed by atoms with Crippen molar-refractivity contribution in [2.75, 3.05) is 25.6 Å². The minimum absolute atomic E-state index is 0.515. The lowest BCUT2D eigenvalue weighted by atomic mass is 10.2. The van der Waals surface area contributed by atoms with E-state index in [1.807, 2.05) is 14.1 Å². The fraction of sp³-hybridized carbons (Fsp3) is 1.00. The molecule has 9 heavy (non-hydrogen) atoms. The van der Waals surface area contributed by atoms with E-state index in [1.54, 1.807) is 0 Å². The normalized spacial score (nSPS) is 35.9. The third-order valence-electron chi connectivity index (χ3n) is 1.79. The Morgan fingerprint density at radius 2 is 2.22 bits per heavy atom. The molecule has 0 aromatic rings. The van der Waals surface area contributed by atoms with Crippen LogP contribution in [0, 0.1) is 0 Å². The molecule has 0 bridgehead atoms. The molecule has 1 heterocycles. The topological polar surface area (TPSA) is 20.3 Å². The largest absolute Gasteiger partial charge is 0.306 e. The molecule has 1 fully saturated rings. The summed E-state index contributed by atoms with van der Waals surface area (Å²) in [6, 6.07) is 0.575. The molecule has 1 saturated heterocycles. The Labute approximate surface area is 58.7 Å². The quantitative estimate of drug-likeness (QED) is 0.523. The van der Waals surface area contributed by atoms with E-state index in [2.05, 4.69) is 4.90 Å². The molecule has 2 unspecified atom stereocenters. The first kappa shape index (κ1) is 7.22. The second-order valence-electron chi connectivity index (χ2n) is 2.72. The number of hydrogen-bond acceptors (Lipinski definition) is 2. The van der Waals surface area contributed by atoms with Gasteiger partial charge in [0.05, 0.1) is 0 Å². The van der Waals surface area contributed by atoms with E-state index < -0.39 is 10.8 Å². The molecule has 0 saturated carbocycles. The molecule has 1 aliphatic rings. The maximum absolute atomic E-state index is 10.8. The van der Waals surface area contributed by atoms with Gasteiger partial charge in [0.2, 0.25) is 0 Å². The Kier molecular flexibility index (Phi) is 2.24. The monoisotopic (exact) mass is 147 g/mol. The fourth-order valence-electron chi connectivity index (χ4n) is 1.06. The maximum Gasteiger partial charge on any atom is 0.0391 e. The van der Waals surface area contributed by atoms with Gasteiger partial charge in [0.15, 0.2) is 0 Å². The summed E-state index contributed by atoms with van der Waals surface area (Å²) in [7, 11) is 3.58. The average Bonchev–Trinajstić information content (AvgIpc) is 2.14. The van der Waals surface area contributed by atoms with Crippen molar-refractivity contribution in [3.05, 3.63) is 0 Å². The fourth-order valence-corrected chi connectivity index (χ4v) is 2.65. The van der Waals surface area contributed by atoms with Crippen LogP contribution in [0.1, 0.15) is 6.42 Å². The number of nitrogens with zero attached hydrogens (tertiary/aromatic N) is 1. The molecule has 54 valence electrons. The zero-order valence-corrected chi connectivity index (χ0v) is 6.78. The SMILES string of the molecule is CN(C)C1CCS(=O)C1. The zero-order chi connectivity index (χ0) is 6.85. The van der Waals surface area contributed by atoms with Crippen molar-refractivity contribution in [3.63, 3.8) is 0 Å². The molecule has 0 radical (unpaired) electrons. The van der Waals surface area contributed by atoms with Crippen LogP contribution in [0.15, 0.2) is 0 Å². The van der Waals surface area contributed by atoms with Crippen molar-refractivity contribution in [3.8, 4) is 0 Å². The van der Waals surface area contributed by atoms with Gasteiger partial charge in [-0.3, -0.25) is 4.21 Å². The van der Waals surface area contributed by atoms with Gasteiger partial charge < -0.3 is 4.90 Å². The van der Waals surface area contributed by atoms with E-state index in [4.69, 9.17) is 0 Å². The van der Waals surface area contributed by atoms with E-state index in [1.165, 1.54) is 0 Å². The van der Waals surface area contributed by atoms with E-state index >= 15 is 0 Å². The Morgan fingerprint density at radius 3 is 2.44 bits per heavy atom. The summed E-state index contributed by atoms with van der Waals surface area (Å²) in [5.74, 6) is 1.79. The number of rotatable bonds is 1. The van der Waals surface area contributed by atoms with Crippen molar-refractivity contribution >= 4 is 10.8 Å². The second-order valence-corrected chi connectivity index (χ2v) is 4.34. The van der Waals surface area contributed by atoms with Gasteiger partial charge in [0.25, 0.3) is 0 Å². The van der Waals surface area contributed by atoms with E-state index in [0.29, 0.717) is 6.04 Å². The highest BCUT2D eigenvalue weighted by Gasteiger charge is 2.21. The van der Waals surface area contributed by atoms with E-state index in [0.717, 1.165) is 17.9 Å². The molecule has 0 N–H and O–H groups in total. The zero-order valence-electron chi connectivity index (χ0n) is 5.96. The van der Waals surface area contributed by atoms with Gasteiger partial charge in [-0.25, -0.2) is 0 Å². The first-order valence-corrected chi connectivity index (χ1v) is 4.70. The third-order valence-corrected chi connectivity index (χ3v) is 3.23. The van der Waals surface area contributed by atoms with Crippen LogP contribution >= 0.6 is 0 Å². The Hall–Kier alpha value is 0.110. The lowest BCUT2D eigenvalue weighted by Gasteiger charge is -2.16. The smallest absolute Gasteiger partial charge is 0.0391 e. The summed E-state index contributed by atoms with van der Waals surface area (Å²) in [4.78, 5) is 2.16. The van der Waals surface area contributed by atoms with Gasteiger partial charge >= 0.3 is 0 Å². The Balaban J connectivity index is 2.39. The predicted octanol–water partition coefficient (Wildman–Crippen LogP) is 0.0690. The summed E-state index contributed by atoms with van der Waals surface area (Å²) in [6.45, 7) is 0. The van der Waals surface area contributed by atoms with E-state index in [-0.39, 0.29) is 0 Å². The van der Waals surface area contributed by atoms with Crippen LogP contribution in [0.4, 0.5) is 0 Å². The van der Waals surface area contributed by atoms with Crippen molar-refractivity contribution in [2.24, 2.45) is 0 Å². The Bertz CT molecular complexity index is 124. The Morgan fingerprint density at radius 1 is 1.56 bits per heavy atom. The first-order chi connectivity index (χ1) is 4.20. The summed E-state index contributed by atoms with van der Waals surface area (Å²) in [5, 5.41) is 0. The second kappa shape index (κ2) is 2.80. The van der Waals surface area contributed by atoms with Gasteiger partial charge in [-0.2, -0.15) is 0 Å². The van der Waals surface area contributed by atoms with Crippen LogP contribution in [0.3, 0.4) is 0 Å². The minimum Gasteiger partial charge on any atom is -0.306 e. The van der Waals surface area contributed by atoms with Gasteiger partial charge in [-0.15, -0.1) is 0 Å². The first-order valence-electron chi connectivity index (χ1n) is 3.21. The molecule has 0 amide bonds. The molecule has 1 rings (SSSR count). The summed E-state index contributed by atoms with van der Waals surface area (Å²) in [6.07, 6.45) is 1.11. The average molecular weight is 147 g/mol. The molecule has 3 heteroatoms. The molecule has 0 aromatic heterocycles. The molecular formula is C6H13NOS. The summed E-state index contributed by atoms with van der Waals surface area (Å²) in [5.41, 5.74) is 0. The standard InChI is InChI=1S/C6H13NOS/c1-7(2)6-3-4-9(8)5-6/h6H,3-5H2,1-2H3.